The van der Waals surface area contributed by atoms with E-state index >= 15 is 0 Å². The van der Waals surface area contributed by atoms with Gasteiger partial charge in [-0.2, -0.15) is 10.4 Å². The molecule has 0 atom stereocenters. The van der Waals surface area contributed by atoms with Gasteiger partial charge in [0.1, 0.15) is 23.9 Å². The Bertz CT molecular complexity index is 1190. The summed E-state index contributed by atoms with van der Waals surface area (Å²) in [5.74, 6) is 2.02. The van der Waals surface area contributed by atoms with Crippen molar-refractivity contribution in [3.63, 3.8) is 0 Å². The molecule has 0 bridgehead atoms. The highest BCUT2D eigenvalue weighted by Gasteiger charge is 2.16. The van der Waals surface area contributed by atoms with Gasteiger partial charge in [0.05, 0.1) is 29.7 Å². The first-order valence-electron chi connectivity index (χ1n) is 9.66. The fraction of sp³-hybridized carbons (Fsp3) is 0.238. The number of hydrogen-bond donors (Lipinski definition) is 1. The maximum atomic E-state index is 9.52. The van der Waals surface area contributed by atoms with E-state index in [2.05, 4.69) is 31.4 Å². The molecule has 5 rings (SSSR count). The number of anilines is 1. The van der Waals surface area contributed by atoms with Crippen LogP contribution < -0.4 is 15.0 Å². The molecule has 9 heteroatoms. The SMILES string of the molecule is N#Cc1cnn2cc(OCc3ncco3)cc(-c3ccc(N4CCNCC4)nc3)c12. The van der Waals surface area contributed by atoms with Gasteiger partial charge in [-0.1, -0.05) is 0 Å². The van der Waals surface area contributed by atoms with Crippen molar-refractivity contribution in [2.45, 2.75) is 6.61 Å². The molecule has 4 aromatic heterocycles. The van der Waals surface area contributed by atoms with E-state index in [1.807, 2.05) is 24.4 Å². The number of nitriles is 1. The summed E-state index contributed by atoms with van der Waals surface area (Å²) < 4.78 is 12.7. The monoisotopic (exact) mass is 401 g/mol. The zero-order valence-electron chi connectivity index (χ0n) is 16.2. The van der Waals surface area contributed by atoms with E-state index in [0.717, 1.165) is 48.6 Å². The summed E-state index contributed by atoms with van der Waals surface area (Å²) in [6, 6.07) is 8.14. The summed E-state index contributed by atoms with van der Waals surface area (Å²) in [4.78, 5) is 11.0. The van der Waals surface area contributed by atoms with E-state index in [1.165, 1.54) is 6.26 Å². The van der Waals surface area contributed by atoms with Crippen LogP contribution in [0.1, 0.15) is 11.5 Å². The molecule has 1 fully saturated rings. The lowest BCUT2D eigenvalue weighted by Crippen LogP contribution is -2.43. The van der Waals surface area contributed by atoms with Crippen molar-refractivity contribution in [2.24, 2.45) is 0 Å². The Morgan fingerprint density at radius 3 is 2.83 bits per heavy atom. The van der Waals surface area contributed by atoms with E-state index in [4.69, 9.17) is 9.15 Å². The average Bonchev–Trinajstić information content (AvgIpc) is 3.47. The normalized spacial score (nSPS) is 14.0. The molecule has 4 aromatic rings. The van der Waals surface area contributed by atoms with Crippen LogP contribution in [0.25, 0.3) is 16.6 Å². The summed E-state index contributed by atoms with van der Waals surface area (Å²) in [7, 11) is 0. The Balaban J connectivity index is 1.51. The summed E-state index contributed by atoms with van der Waals surface area (Å²) >= 11 is 0. The minimum atomic E-state index is 0.199. The van der Waals surface area contributed by atoms with E-state index in [-0.39, 0.29) is 6.61 Å². The third kappa shape index (κ3) is 3.44. The second kappa shape index (κ2) is 7.85. The number of nitrogens with zero attached hydrogens (tertiary/aromatic N) is 6. The van der Waals surface area contributed by atoms with Gasteiger partial charge >= 0.3 is 0 Å². The second-order valence-electron chi connectivity index (χ2n) is 6.91. The lowest BCUT2D eigenvalue weighted by Gasteiger charge is -2.28. The largest absolute Gasteiger partial charge is 0.482 e. The number of fused-ring (bicyclic) bond motifs is 1. The van der Waals surface area contributed by atoms with Gasteiger partial charge in [-0.15, -0.1) is 0 Å². The van der Waals surface area contributed by atoms with Crippen molar-refractivity contribution in [1.82, 2.24) is 24.9 Å². The summed E-state index contributed by atoms with van der Waals surface area (Å²) in [6.45, 7) is 3.97. The Morgan fingerprint density at radius 1 is 1.20 bits per heavy atom. The predicted molar refractivity (Wildman–Crippen MR) is 109 cm³/mol. The van der Waals surface area contributed by atoms with Gasteiger partial charge in [0, 0.05) is 43.5 Å². The van der Waals surface area contributed by atoms with Crippen molar-refractivity contribution < 1.29 is 9.15 Å². The molecule has 0 amide bonds. The molecule has 150 valence electrons. The second-order valence-corrected chi connectivity index (χ2v) is 6.91. The molecule has 5 heterocycles. The molecule has 1 N–H and O–H groups in total. The first-order valence-corrected chi connectivity index (χ1v) is 9.66. The highest BCUT2D eigenvalue weighted by Crippen LogP contribution is 2.31. The Kier molecular flexibility index (Phi) is 4.75. The molecule has 1 aliphatic rings. The van der Waals surface area contributed by atoms with Crippen LogP contribution in [0.4, 0.5) is 5.82 Å². The van der Waals surface area contributed by atoms with E-state index < -0.39 is 0 Å². The van der Waals surface area contributed by atoms with Gasteiger partial charge in [-0.25, -0.2) is 14.5 Å². The van der Waals surface area contributed by atoms with Gasteiger partial charge < -0.3 is 19.4 Å². The fourth-order valence-corrected chi connectivity index (χ4v) is 3.57. The molecule has 0 aliphatic carbocycles. The van der Waals surface area contributed by atoms with Crippen LogP contribution in [0, 0.1) is 11.3 Å². The van der Waals surface area contributed by atoms with Crippen LogP contribution in [0.2, 0.25) is 0 Å². The van der Waals surface area contributed by atoms with E-state index in [0.29, 0.717) is 17.2 Å². The van der Waals surface area contributed by atoms with Crippen molar-refractivity contribution in [1.29, 1.82) is 5.26 Å². The number of pyridine rings is 2. The number of aromatic nitrogens is 4. The molecule has 30 heavy (non-hydrogen) atoms. The lowest BCUT2D eigenvalue weighted by molar-refractivity contribution is 0.262. The van der Waals surface area contributed by atoms with Crippen molar-refractivity contribution in [3.8, 4) is 22.9 Å². The third-order valence-electron chi connectivity index (χ3n) is 5.05. The molecule has 9 nitrogen and oxygen atoms in total. The molecule has 1 aliphatic heterocycles. The Labute approximate surface area is 172 Å². The van der Waals surface area contributed by atoms with Crippen LogP contribution >= 0.6 is 0 Å². The molecule has 1 saturated heterocycles. The standard InChI is InChI=1S/C21H19N7O2/c22-10-16-12-26-28-13-17(30-14-20-24-5-8-29-20)9-18(21(16)28)15-1-2-19(25-11-15)27-6-3-23-4-7-27/h1-2,5,8-9,11-13,23H,3-4,6-7,14H2. The quantitative estimate of drug-likeness (QED) is 0.543. The van der Waals surface area contributed by atoms with Gasteiger partial charge in [0.15, 0.2) is 6.61 Å². The van der Waals surface area contributed by atoms with Gasteiger partial charge in [-0.3, -0.25) is 0 Å². The van der Waals surface area contributed by atoms with Crippen molar-refractivity contribution in [2.75, 3.05) is 31.1 Å². The van der Waals surface area contributed by atoms with Crippen LogP contribution in [-0.4, -0.2) is 45.8 Å². The Hall–Kier alpha value is -3.90. The van der Waals surface area contributed by atoms with Crippen LogP contribution in [0.5, 0.6) is 5.75 Å². The highest BCUT2D eigenvalue weighted by atomic mass is 16.5. The molecule has 0 radical (unpaired) electrons. The maximum Gasteiger partial charge on any atom is 0.232 e. The summed E-state index contributed by atoms with van der Waals surface area (Å²) in [5.41, 5.74) is 2.93. The van der Waals surface area contributed by atoms with Gasteiger partial charge in [0.2, 0.25) is 5.89 Å². The number of nitrogens with one attached hydrogen (secondary N) is 1. The first kappa shape index (κ1) is 18.1. The zero-order chi connectivity index (χ0) is 20.3. The van der Waals surface area contributed by atoms with Gasteiger partial charge in [-0.05, 0) is 18.2 Å². The lowest BCUT2D eigenvalue weighted by atomic mass is 10.1. The first-order chi connectivity index (χ1) is 14.8. The smallest absolute Gasteiger partial charge is 0.232 e. The van der Waals surface area contributed by atoms with Crippen LogP contribution in [0.3, 0.4) is 0 Å². The molecule has 0 saturated carbocycles. The predicted octanol–water partition coefficient (Wildman–Crippen LogP) is 2.24. The summed E-state index contributed by atoms with van der Waals surface area (Å²) in [5, 5.41) is 17.2. The van der Waals surface area contributed by atoms with Crippen LogP contribution in [-0.2, 0) is 6.61 Å². The molecule has 0 unspecified atom stereocenters. The molecule has 0 spiro atoms. The fourth-order valence-electron chi connectivity index (χ4n) is 3.57. The zero-order valence-corrected chi connectivity index (χ0v) is 16.2. The maximum absolute atomic E-state index is 9.52. The minimum Gasteiger partial charge on any atom is -0.482 e. The number of ether oxygens (including phenoxy) is 1. The number of hydrogen-bond acceptors (Lipinski definition) is 8. The number of piperazine rings is 1. The third-order valence-corrected chi connectivity index (χ3v) is 5.05. The summed E-state index contributed by atoms with van der Waals surface area (Å²) in [6.07, 6.45) is 8.21. The molecular formula is C21H19N7O2. The minimum absolute atomic E-state index is 0.199. The Morgan fingerprint density at radius 2 is 2.10 bits per heavy atom. The van der Waals surface area contributed by atoms with Crippen molar-refractivity contribution in [3.05, 3.63) is 60.7 Å². The van der Waals surface area contributed by atoms with Crippen molar-refractivity contribution >= 4 is 11.3 Å². The highest BCUT2D eigenvalue weighted by molar-refractivity contribution is 5.85. The molecule has 0 aromatic carbocycles. The topological polar surface area (TPSA) is 105 Å². The van der Waals surface area contributed by atoms with E-state index in [9.17, 15) is 5.26 Å². The average molecular weight is 401 g/mol. The number of rotatable bonds is 5. The number of oxazole rings is 1. The molecular weight excluding hydrogens is 382 g/mol. The van der Waals surface area contributed by atoms with E-state index in [1.54, 1.807) is 23.1 Å². The van der Waals surface area contributed by atoms with Gasteiger partial charge in [0.25, 0.3) is 0 Å². The van der Waals surface area contributed by atoms with Crippen LogP contribution in [0.15, 0.2) is 53.7 Å².